The van der Waals surface area contributed by atoms with E-state index in [2.05, 4.69) is 15.8 Å². The lowest BCUT2D eigenvalue weighted by molar-refractivity contribution is -0.121. The Balaban J connectivity index is 2.58. The van der Waals surface area contributed by atoms with Crippen molar-refractivity contribution in [1.29, 1.82) is 0 Å². The summed E-state index contributed by atoms with van der Waals surface area (Å²) in [7, 11) is 0. The molecule has 0 aliphatic heterocycles. The van der Waals surface area contributed by atoms with Gasteiger partial charge in [0.1, 0.15) is 0 Å². The maximum absolute atomic E-state index is 11.9. The number of para-hydroxylation sites is 1. The van der Waals surface area contributed by atoms with E-state index >= 15 is 0 Å². The Kier molecular flexibility index (Phi) is 5.46. The van der Waals surface area contributed by atoms with Crippen molar-refractivity contribution >= 4 is 23.2 Å². The normalized spacial score (nSPS) is 11.9. The van der Waals surface area contributed by atoms with Gasteiger partial charge in [-0.3, -0.25) is 9.59 Å². The second kappa shape index (κ2) is 6.88. The number of nitrogens with two attached hydrogens (primary N) is 1. The molecule has 1 rings (SSSR count). The Labute approximate surface area is 124 Å². The SMILES string of the molecule is C/C(CC(=O)NC(C)(C)C)=N\NC(=O)c1ccccc1N. The molecule has 0 aliphatic rings. The number of carbonyl (C=O) groups excluding carboxylic acids is 2. The topological polar surface area (TPSA) is 96.6 Å². The number of hydrogen-bond acceptors (Lipinski definition) is 4. The molecule has 0 aliphatic carbocycles. The summed E-state index contributed by atoms with van der Waals surface area (Å²) in [6, 6.07) is 6.72. The Morgan fingerprint density at radius 1 is 1.24 bits per heavy atom. The number of hydrazone groups is 1. The van der Waals surface area contributed by atoms with Gasteiger partial charge in [-0.15, -0.1) is 0 Å². The highest BCUT2D eigenvalue weighted by atomic mass is 16.2. The first-order chi connectivity index (χ1) is 9.69. The maximum Gasteiger partial charge on any atom is 0.273 e. The average Bonchev–Trinajstić information content (AvgIpc) is 2.34. The minimum absolute atomic E-state index is 0.127. The van der Waals surface area contributed by atoms with E-state index < -0.39 is 5.91 Å². The fourth-order valence-electron chi connectivity index (χ4n) is 1.64. The van der Waals surface area contributed by atoms with Crippen molar-refractivity contribution in [1.82, 2.24) is 10.7 Å². The third-order valence-corrected chi connectivity index (χ3v) is 2.48. The number of benzene rings is 1. The van der Waals surface area contributed by atoms with Crippen LogP contribution in [0, 0.1) is 0 Å². The predicted octanol–water partition coefficient (Wildman–Crippen LogP) is 1.68. The van der Waals surface area contributed by atoms with Gasteiger partial charge in [-0.25, -0.2) is 5.43 Å². The third-order valence-electron chi connectivity index (χ3n) is 2.48. The average molecular weight is 290 g/mol. The minimum atomic E-state index is -0.399. The molecule has 0 unspecified atom stereocenters. The van der Waals surface area contributed by atoms with Crippen LogP contribution in [-0.4, -0.2) is 23.1 Å². The number of anilines is 1. The molecule has 0 radical (unpaired) electrons. The fourth-order valence-corrected chi connectivity index (χ4v) is 1.64. The highest BCUT2D eigenvalue weighted by Crippen LogP contribution is 2.09. The monoisotopic (exact) mass is 290 g/mol. The zero-order valence-electron chi connectivity index (χ0n) is 12.9. The first-order valence-electron chi connectivity index (χ1n) is 6.68. The first kappa shape index (κ1) is 16.7. The molecule has 114 valence electrons. The largest absolute Gasteiger partial charge is 0.398 e. The van der Waals surface area contributed by atoms with Crippen LogP contribution >= 0.6 is 0 Å². The number of carbonyl (C=O) groups is 2. The molecule has 0 saturated heterocycles. The highest BCUT2D eigenvalue weighted by molar-refractivity contribution is 6.02. The molecule has 6 nitrogen and oxygen atoms in total. The summed E-state index contributed by atoms with van der Waals surface area (Å²) in [5, 5.41) is 6.74. The molecule has 4 N–H and O–H groups in total. The molecule has 0 heterocycles. The lowest BCUT2D eigenvalue weighted by atomic mass is 10.1. The van der Waals surface area contributed by atoms with Crippen LogP contribution in [0.5, 0.6) is 0 Å². The molecular formula is C15H22N4O2. The fraction of sp³-hybridized carbons (Fsp3) is 0.400. The number of amides is 2. The number of nitrogen functional groups attached to an aromatic ring is 1. The van der Waals surface area contributed by atoms with E-state index in [1.165, 1.54) is 0 Å². The molecule has 1 aromatic rings. The molecule has 2 amide bonds. The summed E-state index contributed by atoms with van der Waals surface area (Å²) in [6.07, 6.45) is 0.127. The molecule has 6 heteroatoms. The van der Waals surface area contributed by atoms with Crippen LogP contribution in [0.3, 0.4) is 0 Å². The van der Waals surface area contributed by atoms with Crippen molar-refractivity contribution in [2.24, 2.45) is 5.10 Å². The molecule has 0 atom stereocenters. The van der Waals surface area contributed by atoms with E-state index in [0.29, 0.717) is 17.0 Å². The van der Waals surface area contributed by atoms with E-state index in [0.717, 1.165) is 0 Å². The van der Waals surface area contributed by atoms with Crippen LogP contribution in [-0.2, 0) is 4.79 Å². The summed E-state index contributed by atoms with van der Waals surface area (Å²) < 4.78 is 0. The van der Waals surface area contributed by atoms with Gasteiger partial charge in [0, 0.05) is 16.9 Å². The summed E-state index contributed by atoms with van der Waals surface area (Å²) in [6.45, 7) is 7.38. The molecule has 0 bridgehead atoms. The van der Waals surface area contributed by atoms with Gasteiger partial charge in [0.05, 0.1) is 12.0 Å². The first-order valence-corrected chi connectivity index (χ1v) is 6.68. The number of nitrogens with one attached hydrogen (secondary N) is 2. The summed E-state index contributed by atoms with van der Waals surface area (Å²) in [5.41, 5.74) is 9.06. The predicted molar refractivity (Wildman–Crippen MR) is 83.9 cm³/mol. The minimum Gasteiger partial charge on any atom is -0.398 e. The lowest BCUT2D eigenvalue weighted by Crippen LogP contribution is -2.41. The summed E-state index contributed by atoms with van der Waals surface area (Å²) >= 11 is 0. The standard InChI is InChI=1S/C15H22N4O2/c1-10(9-13(20)17-15(2,3)4)18-19-14(21)11-7-5-6-8-12(11)16/h5-8H,9,16H2,1-4H3,(H,17,20)(H,19,21)/b18-10+. The molecule has 1 aromatic carbocycles. The Morgan fingerprint density at radius 2 is 1.86 bits per heavy atom. The lowest BCUT2D eigenvalue weighted by Gasteiger charge is -2.20. The molecule has 0 aromatic heterocycles. The Bertz CT molecular complexity index is 559. The molecule has 0 saturated carbocycles. The van der Waals surface area contributed by atoms with Crippen LogP contribution in [0.15, 0.2) is 29.4 Å². The van der Waals surface area contributed by atoms with Gasteiger partial charge >= 0.3 is 0 Å². The zero-order valence-corrected chi connectivity index (χ0v) is 12.9. The van der Waals surface area contributed by atoms with Gasteiger partial charge in [0.25, 0.3) is 5.91 Å². The summed E-state index contributed by atoms with van der Waals surface area (Å²) in [5.74, 6) is -0.541. The van der Waals surface area contributed by atoms with Gasteiger partial charge in [-0.2, -0.15) is 5.10 Å². The van der Waals surface area contributed by atoms with Gasteiger partial charge in [-0.1, -0.05) is 12.1 Å². The van der Waals surface area contributed by atoms with E-state index in [1.54, 1.807) is 31.2 Å². The zero-order chi connectivity index (χ0) is 16.0. The van der Waals surface area contributed by atoms with Gasteiger partial charge in [-0.05, 0) is 39.8 Å². The smallest absolute Gasteiger partial charge is 0.273 e. The van der Waals surface area contributed by atoms with Crippen LogP contribution < -0.4 is 16.5 Å². The van der Waals surface area contributed by atoms with Gasteiger partial charge in [0.15, 0.2) is 0 Å². The van der Waals surface area contributed by atoms with Crippen molar-refractivity contribution in [3.63, 3.8) is 0 Å². The van der Waals surface area contributed by atoms with Crippen molar-refractivity contribution < 1.29 is 9.59 Å². The number of rotatable bonds is 4. The van der Waals surface area contributed by atoms with Crippen molar-refractivity contribution in [3.05, 3.63) is 29.8 Å². The highest BCUT2D eigenvalue weighted by Gasteiger charge is 2.14. The van der Waals surface area contributed by atoms with Crippen LogP contribution in [0.25, 0.3) is 0 Å². The van der Waals surface area contributed by atoms with E-state index in [9.17, 15) is 9.59 Å². The molecule has 21 heavy (non-hydrogen) atoms. The van der Waals surface area contributed by atoms with Crippen molar-refractivity contribution in [2.75, 3.05) is 5.73 Å². The number of hydrogen-bond donors (Lipinski definition) is 3. The van der Waals surface area contributed by atoms with Crippen LogP contribution in [0.1, 0.15) is 44.5 Å². The molecule has 0 spiro atoms. The Morgan fingerprint density at radius 3 is 2.43 bits per heavy atom. The number of nitrogens with zero attached hydrogens (tertiary/aromatic N) is 1. The Hall–Kier alpha value is -2.37. The maximum atomic E-state index is 11.9. The quantitative estimate of drug-likeness (QED) is 0.447. The second-order valence-corrected chi connectivity index (χ2v) is 5.85. The van der Waals surface area contributed by atoms with Gasteiger partial charge in [0.2, 0.25) is 5.91 Å². The molecular weight excluding hydrogens is 268 g/mol. The van der Waals surface area contributed by atoms with E-state index in [1.807, 2.05) is 20.8 Å². The van der Waals surface area contributed by atoms with Crippen molar-refractivity contribution in [2.45, 2.75) is 39.7 Å². The van der Waals surface area contributed by atoms with Gasteiger partial charge < -0.3 is 11.1 Å². The molecule has 0 fully saturated rings. The van der Waals surface area contributed by atoms with Crippen LogP contribution in [0.4, 0.5) is 5.69 Å². The van der Waals surface area contributed by atoms with Crippen molar-refractivity contribution in [3.8, 4) is 0 Å². The van der Waals surface area contributed by atoms with Crippen LogP contribution in [0.2, 0.25) is 0 Å². The third kappa shape index (κ3) is 6.07. The second-order valence-electron chi connectivity index (χ2n) is 5.85. The summed E-state index contributed by atoms with van der Waals surface area (Å²) in [4.78, 5) is 23.6. The van der Waals surface area contributed by atoms with E-state index in [-0.39, 0.29) is 17.9 Å². The van der Waals surface area contributed by atoms with E-state index in [4.69, 9.17) is 5.73 Å².